The van der Waals surface area contributed by atoms with Crippen molar-refractivity contribution in [2.45, 2.75) is 79.1 Å². The minimum absolute atomic E-state index is 0.576. The van der Waals surface area contributed by atoms with Crippen LogP contribution in [0.2, 0.25) is 0 Å². The molecule has 0 amide bonds. The summed E-state index contributed by atoms with van der Waals surface area (Å²) in [6.07, 6.45) is 9.74. The first-order valence-corrected chi connectivity index (χ1v) is 18.5. The number of rotatable bonds is 14. The molecule has 0 radical (unpaired) electrons. The van der Waals surface area contributed by atoms with Crippen molar-refractivity contribution >= 4 is 95.1 Å². The maximum atomic E-state index is 6.71. The minimum Gasteiger partial charge on any atom is -0.489 e. The fourth-order valence-electron chi connectivity index (χ4n) is 5.87. The lowest BCUT2D eigenvalue weighted by Crippen LogP contribution is -2.14. The molecule has 4 heterocycles. The zero-order chi connectivity index (χ0) is 27.6. The Hall–Kier alpha value is -1.86. The summed E-state index contributed by atoms with van der Waals surface area (Å²) in [5.74, 6) is 2.99. The standard InChI is InChI=1S/C34H40O2S4/c1-5-9-11-21(7-3)19-35-25-17-23-24(18-26(25)36-20-22(8-4)12-10-6-2)30-32-28(14-16-38-32)40-34(30)33-29(23)31-27(39-33)13-15-37-31/h13-18,21-22H,5-12,19-20H2,1-4H3. The van der Waals surface area contributed by atoms with Crippen LogP contribution in [0.4, 0.5) is 0 Å². The first-order valence-electron chi connectivity index (χ1n) is 15.1. The third-order valence-corrected chi connectivity index (χ3v) is 13.1. The number of unbranched alkanes of at least 4 members (excludes halogenated alkanes) is 2. The van der Waals surface area contributed by atoms with Gasteiger partial charge in [-0.25, -0.2) is 0 Å². The van der Waals surface area contributed by atoms with Crippen LogP contribution in [0.25, 0.3) is 49.7 Å². The van der Waals surface area contributed by atoms with E-state index in [0.717, 1.165) is 37.6 Å². The van der Waals surface area contributed by atoms with Gasteiger partial charge in [0.05, 0.1) is 32.0 Å². The molecule has 2 unspecified atom stereocenters. The van der Waals surface area contributed by atoms with Gasteiger partial charge in [0, 0.05) is 20.2 Å². The first-order chi connectivity index (χ1) is 19.7. The fraction of sp³-hybridized carbons (Fsp3) is 0.471. The third kappa shape index (κ3) is 5.26. The molecule has 2 atom stereocenters. The smallest absolute Gasteiger partial charge is 0.161 e. The van der Waals surface area contributed by atoms with E-state index in [2.05, 4.69) is 62.7 Å². The molecule has 6 aromatic rings. The van der Waals surface area contributed by atoms with Crippen molar-refractivity contribution in [3.8, 4) is 11.5 Å². The second-order valence-electron chi connectivity index (χ2n) is 11.1. The van der Waals surface area contributed by atoms with E-state index in [4.69, 9.17) is 9.47 Å². The average molecular weight is 609 g/mol. The van der Waals surface area contributed by atoms with Gasteiger partial charge in [0.2, 0.25) is 0 Å². The van der Waals surface area contributed by atoms with Crippen LogP contribution < -0.4 is 9.47 Å². The van der Waals surface area contributed by atoms with Crippen molar-refractivity contribution in [2.24, 2.45) is 11.8 Å². The van der Waals surface area contributed by atoms with Crippen LogP contribution in [0.5, 0.6) is 11.5 Å². The summed E-state index contributed by atoms with van der Waals surface area (Å²) in [7, 11) is 0. The van der Waals surface area contributed by atoms with Gasteiger partial charge < -0.3 is 9.47 Å². The summed E-state index contributed by atoms with van der Waals surface area (Å²) in [5.41, 5.74) is 0. The van der Waals surface area contributed by atoms with E-state index in [1.807, 2.05) is 45.3 Å². The lowest BCUT2D eigenvalue weighted by molar-refractivity contribution is 0.199. The predicted molar refractivity (Wildman–Crippen MR) is 183 cm³/mol. The summed E-state index contributed by atoms with van der Waals surface area (Å²) in [4.78, 5) is 0. The summed E-state index contributed by atoms with van der Waals surface area (Å²) in [6, 6.07) is 9.23. The van der Waals surface area contributed by atoms with Crippen LogP contribution in [0.1, 0.15) is 79.1 Å². The highest BCUT2D eigenvalue weighted by Crippen LogP contribution is 2.52. The normalized spacial score (nSPS) is 13.8. The highest BCUT2D eigenvalue weighted by molar-refractivity contribution is 7.38. The number of hydrogen-bond acceptors (Lipinski definition) is 6. The van der Waals surface area contributed by atoms with E-state index in [9.17, 15) is 0 Å². The zero-order valence-electron chi connectivity index (χ0n) is 24.1. The first kappa shape index (κ1) is 28.3. The summed E-state index contributed by atoms with van der Waals surface area (Å²) >= 11 is 7.64. The molecule has 0 aliphatic rings. The molecule has 212 valence electrons. The molecule has 0 bridgehead atoms. The Kier molecular flexibility index (Phi) is 8.88. The molecule has 0 spiro atoms. The number of fused-ring (bicyclic) bond motifs is 10. The Bertz CT molecular complexity index is 1610. The van der Waals surface area contributed by atoms with E-state index < -0.39 is 0 Å². The molecule has 2 aromatic carbocycles. The molecule has 0 N–H and O–H groups in total. The van der Waals surface area contributed by atoms with Crippen LogP contribution in [0, 0.1) is 11.8 Å². The minimum atomic E-state index is 0.576. The zero-order valence-corrected chi connectivity index (χ0v) is 27.4. The molecule has 40 heavy (non-hydrogen) atoms. The van der Waals surface area contributed by atoms with E-state index in [-0.39, 0.29) is 0 Å². The van der Waals surface area contributed by atoms with Crippen LogP contribution in [0.15, 0.2) is 35.0 Å². The second kappa shape index (κ2) is 12.6. The van der Waals surface area contributed by atoms with Gasteiger partial charge in [-0.3, -0.25) is 0 Å². The van der Waals surface area contributed by atoms with Crippen LogP contribution in [-0.4, -0.2) is 13.2 Å². The lowest BCUT2D eigenvalue weighted by Gasteiger charge is -2.21. The molecule has 6 heteroatoms. The highest BCUT2D eigenvalue weighted by Gasteiger charge is 2.22. The van der Waals surface area contributed by atoms with Crippen molar-refractivity contribution in [3.63, 3.8) is 0 Å². The topological polar surface area (TPSA) is 18.5 Å². The Balaban J connectivity index is 1.52. The maximum absolute atomic E-state index is 6.71. The van der Waals surface area contributed by atoms with E-state index in [1.165, 1.54) is 88.3 Å². The molecule has 6 rings (SSSR count). The summed E-state index contributed by atoms with van der Waals surface area (Å²) in [6.45, 7) is 10.6. The summed E-state index contributed by atoms with van der Waals surface area (Å²) in [5, 5.41) is 9.89. The molecule has 2 nitrogen and oxygen atoms in total. The van der Waals surface area contributed by atoms with E-state index >= 15 is 0 Å². The SMILES string of the molecule is CCCCC(CC)COc1cc2c(cc1OCC(CC)CCCC)c1c3sccc3sc1c1sc3ccsc3c21. The van der Waals surface area contributed by atoms with Crippen LogP contribution in [-0.2, 0) is 0 Å². The molecule has 0 fully saturated rings. The van der Waals surface area contributed by atoms with Crippen molar-refractivity contribution in [2.75, 3.05) is 13.2 Å². The monoisotopic (exact) mass is 608 g/mol. The number of ether oxygens (including phenoxy) is 2. The number of benzene rings is 2. The predicted octanol–water partition coefficient (Wildman–Crippen LogP) is 12.9. The van der Waals surface area contributed by atoms with E-state index in [1.54, 1.807) is 0 Å². The molecular formula is C34H40O2S4. The van der Waals surface area contributed by atoms with Gasteiger partial charge in [-0.15, -0.1) is 45.3 Å². The Morgan fingerprint density at radius 2 is 1.07 bits per heavy atom. The van der Waals surface area contributed by atoms with Gasteiger partial charge in [-0.05, 0) is 70.5 Å². The van der Waals surface area contributed by atoms with Gasteiger partial charge in [0.25, 0.3) is 0 Å². The fourth-order valence-corrected chi connectivity index (χ4v) is 10.8. The second-order valence-corrected chi connectivity index (χ2v) is 15.1. The van der Waals surface area contributed by atoms with Crippen LogP contribution in [0.3, 0.4) is 0 Å². The Morgan fingerprint density at radius 1 is 0.625 bits per heavy atom. The van der Waals surface area contributed by atoms with Gasteiger partial charge in [0.1, 0.15) is 0 Å². The Morgan fingerprint density at radius 3 is 1.48 bits per heavy atom. The van der Waals surface area contributed by atoms with Gasteiger partial charge in [-0.2, -0.15) is 0 Å². The third-order valence-electron chi connectivity index (χ3n) is 8.45. The van der Waals surface area contributed by atoms with Crippen molar-refractivity contribution < 1.29 is 9.47 Å². The van der Waals surface area contributed by atoms with Crippen molar-refractivity contribution in [3.05, 3.63) is 35.0 Å². The largest absolute Gasteiger partial charge is 0.489 e. The molecule has 0 aliphatic heterocycles. The summed E-state index contributed by atoms with van der Waals surface area (Å²) < 4.78 is 21.9. The quantitative estimate of drug-likeness (QED) is 0.122. The average Bonchev–Trinajstić information content (AvgIpc) is 3.74. The maximum Gasteiger partial charge on any atom is 0.161 e. The van der Waals surface area contributed by atoms with Crippen LogP contribution >= 0.6 is 45.3 Å². The molecule has 0 aliphatic carbocycles. The highest BCUT2D eigenvalue weighted by atomic mass is 32.1. The van der Waals surface area contributed by atoms with Gasteiger partial charge in [0.15, 0.2) is 11.5 Å². The lowest BCUT2D eigenvalue weighted by atomic mass is 9.99. The number of hydrogen-bond donors (Lipinski definition) is 0. The molecule has 4 aromatic heterocycles. The van der Waals surface area contributed by atoms with Crippen molar-refractivity contribution in [1.82, 2.24) is 0 Å². The number of thiophene rings is 4. The van der Waals surface area contributed by atoms with Gasteiger partial charge >= 0.3 is 0 Å². The Labute approximate surface area is 253 Å². The van der Waals surface area contributed by atoms with Gasteiger partial charge in [-0.1, -0.05) is 66.2 Å². The van der Waals surface area contributed by atoms with E-state index in [0.29, 0.717) is 11.8 Å². The van der Waals surface area contributed by atoms with Crippen molar-refractivity contribution in [1.29, 1.82) is 0 Å². The molecule has 0 saturated heterocycles. The molecule has 0 saturated carbocycles. The molecular weight excluding hydrogens is 569 g/mol.